The van der Waals surface area contributed by atoms with Gasteiger partial charge in [0, 0.05) is 19.4 Å². The van der Waals surface area contributed by atoms with E-state index in [1.54, 1.807) is 0 Å². The number of ether oxygens (including phenoxy) is 2. The van der Waals surface area contributed by atoms with Crippen molar-refractivity contribution in [2.45, 2.75) is 26.1 Å². The first-order valence-electron chi connectivity index (χ1n) is 5.22. The molecule has 0 aliphatic rings. The summed E-state index contributed by atoms with van der Waals surface area (Å²) in [6.07, 6.45) is -7.05. The summed E-state index contributed by atoms with van der Waals surface area (Å²) in [5, 5.41) is 0. The second-order valence-corrected chi connectivity index (χ2v) is 3.69. The lowest BCUT2D eigenvalue weighted by atomic mass is 10.1. The van der Waals surface area contributed by atoms with Crippen LogP contribution in [0, 0.1) is 0 Å². The Morgan fingerprint density at radius 2 is 1.58 bits per heavy atom. The lowest BCUT2D eigenvalue weighted by molar-refractivity contribution is -0.222. The number of esters is 2. The zero-order valence-corrected chi connectivity index (χ0v) is 10.2. The van der Waals surface area contributed by atoms with Crippen molar-refractivity contribution >= 4 is 11.9 Å². The van der Waals surface area contributed by atoms with Crippen LogP contribution in [0.1, 0.15) is 25.5 Å². The molecule has 0 aliphatic carbocycles. The highest BCUT2D eigenvalue weighted by Gasteiger charge is 2.43. The van der Waals surface area contributed by atoms with Crippen LogP contribution in [0.2, 0.25) is 0 Å². The number of carbonyl (C=O) groups is 2. The summed E-state index contributed by atoms with van der Waals surface area (Å²) in [4.78, 5) is 21.4. The Morgan fingerprint density at radius 1 is 1.05 bits per heavy atom. The minimum absolute atomic E-state index is 0.111. The van der Waals surface area contributed by atoms with Crippen LogP contribution in [0.25, 0.3) is 0 Å². The standard InChI is InChI=1S/C12H11F3O4/c1-7(16)18-10-5-3-9(4-6-10)11(12(13,14)15)19-8(2)17/h3-6,11H,1-2H3/t11-/m1/s1. The molecule has 1 aromatic rings. The molecule has 4 nitrogen and oxygen atoms in total. The van der Waals surface area contributed by atoms with Crippen LogP contribution in [0.5, 0.6) is 5.75 Å². The third kappa shape index (κ3) is 4.61. The van der Waals surface area contributed by atoms with Crippen LogP contribution in [0.15, 0.2) is 24.3 Å². The predicted octanol–water partition coefficient (Wildman–Crippen LogP) is 2.78. The molecule has 0 unspecified atom stereocenters. The fourth-order valence-corrected chi connectivity index (χ4v) is 1.37. The van der Waals surface area contributed by atoms with Gasteiger partial charge in [0.05, 0.1) is 0 Å². The highest BCUT2D eigenvalue weighted by atomic mass is 19.4. The van der Waals surface area contributed by atoms with Crippen molar-refractivity contribution in [2.75, 3.05) is 0 Å². The van der Waals surface area contributed by atoms with E-state index in [0.29, 0.717) is 0 Å². The first-order valence-corrected chi connectivity index (χ1v) is 5.22. The van der Waals surface area contributed by atoms with Gasteiger partial charge in [-0.15, -0.1) is 0 Å². The van der Waals surface area contributed by atoms with Gasteiger partial charge in [-0.3, -0.25) is 9.59 Å². The quantitative estimate of drug-likeness (QED) is 0.629. The molecule has 1 aromatic carbocycles. The Kier molecular flexibility index (Phi) is 4.52. The molecule has 0 radical (unpaired) electrons. The van der Waals surface area contributed by atoms with Crippen LogP contribution >= 0.6 is 0 Å². The third-order valence-corrected chi connectivity index (χ3v) is 2.03. The number of rotatable bonds is 3. The van der Waals surface area contributed by atoms with Gasteiger partial charge in [-0.05, 0) is 12.1 Å². The molecule has 7 heteroatoms. The lowest BCUT2D eigenvalue weighted by Gasteiger charge is -2.20. The number of hydrogen-bond donors (Lipinski definition) is 0. The van der Waals surface area contributed by atoms with E-state index in [1.165, 1.54) is 19.1 Å². The number of halogens is 3. The van der Waals surface area contributed by atoms with Crippen LogP contribution < -0.4 is 4.74 Å². The highest BCUT2D eigenvalue weighted by Crippen LogP contribution is 2.36. The maximum Gasteiger partial charge on any atom is 0.429 e. The molecule has 0 N–H and O–H groups in total. The van der Waals surface area contributed by atoms with E-state index < -0.39 is 24.2 Å². The second kappa shape index (κ2) is 5.73. The molecule has 0 aliphatic heterocycles. The van der Waals surface area contributed by atoms with Gasteiger partial charge >= 0.3 is 18.1 Å². The summed E-state index contributed by atoms with van der Waals surface area (Å²) in [5.41, 5.74) is -0.251. The maximum absolute atomic E-state index is 12.7. The summed E-state index contributed by atoms with van der Waals surface area (Å²) in [5.74, 6) is -1.51. The average molecular weight is 276 g/mol. The largest absolute Gasteiger partial charge is 0.448 e. The molecule has 1 rings (SSSR count). The molecule has 1 atom stereocenters. The average Bonchev–Trinajstić information content (AvgIpc) is 2.25. The Labute approximate surface area is 107 Å². The monoisotopic (exact) mass is 276 g/mol. The predicted molar refractivity (Wildman–Crippen MR) is 58.3 cm³/mol. The van der Waals surface area contributed by atoms with Crippen molar-refractivity contribution in [3.05, 3.63) is 29.8 Å². The molecule has 0 bridgehead atoms. The summed E-state index contributed by atoms with van der Waals surface area (Å²) >= 11 is 0. The molecule has 0 heterocycles. The Hall–Kier alpha value is -2.05. The van der Waals surface area contributed by atoms with Gasteiger partial charge in [0.1, 0.15) is 5.75 Å². The Balaban J connectivity index is 2.97. The zero-order chi connectivity index (χ0) is 14.6. The normalized spacial score (nSPS) is 12.7. The Bertz CT molecular complexity index is 465. The van der Waals surface area contributed by atoms with Crippen molar-refractivity contribution in [1.82, 2.24) is 0 Å². The molecule has 19 heavy (non-hydrogen) atoms. The maximum atomic E-state index is 12.7. The zero-order valence-electron chi connectivity index (χ0n) is 10.2. The van der Waals surface area contributed by atoms with Crippen LogP contribution in [0.3, 0.4) is 0 Å². The van der Waals surface area contributed by atoms with E-state index in [-0.39, 0.29) is 11.3 Å². The van der Waals surface area contributed by atoms with Crippen LogP contribution in [-0.2, 0) is 14.3 Å². The minimum atomic E-state index is -4.71. The van der Waals surface area contributed by atoms with Gasteiger partial charge in [0.2, 0.25) is 6.10 Å². The van der Waals surface area contributed by atoms with E-state index in [4.69, 9.17) is 0 Å². The van der Waals surface area contributed by atoms with Crippen molar-refractivity contribution in [2.24, 2.45) is 0 Å². The number of alkyl halides is 3. The highest BCUT2D eigenvalue weighted by molar-refractivity contribution is 5.69. The van der Waals surface area contributed by atoms with E-state index in [2.05, 4.69) is 9.47 Å². The number of benzene rings is 1. The summed E-state index contributed by atoms with van der Waals surface area (Å²) in [6, 6.07) is 4.55. The first-order chi connectivity index (χ1) is 8.70. The fraction of sp³-hybridized carbons (Fsp3) is 0.333. The molecule has 0 spiro atoms. The van der Waals surface area contributed by atoms with Crippen LogP contribution in [-0.4, -0.2) is 18.1 Å². The Morgan fingerprint density at radius 3 is 1.95 bits per heavy atom. The first kappa shape index (κ1) is 15.0. The minimum Gasteiger partial charge on any atom is -0.448 e. The summed E-state index contributed by atoms with van der Waals surface area (Å²) in [6.45, 7) is 2.07. The SMILES string of the molecule is CC(=O)Oc1ccc([C@@H](OC(C)=O)C(F)(F)F)cc1. The molecule has 0 aromatic heterocycles. The molecular weight excluding hydrogens is 265 g/mol. The smallest absolute Gasteiger partial charge is 0.429 e. The van der Waals surface area contributed by atoms with Gasteiger partial charge in [-0.25, -0.2) is 0 Å². The van der Waals surface area contributed by atoms with Gasteiger partial charge < -0.3 is 9.47 Å². The molecule has 0 saturated heterocycles. The van der Waals surface area contributed by atoms with E-state index in [0.717, 1.165) is 19.1 Å². The van der Waals surface area contributed by atoms with Crippen molar-refractivity contribution < 1.29 is 32.2 Å². The van der Waals surface area contributed by atoms with Gasteiger partial charge in [-0.1, -0.05) is 12.1 Å². The van der Waals surface area contributed by atoms with Crippen LogP contribution in [0.4, 0.5) is 13.2 Å². The third-order valence-electron chi connectivity index (χ3n) is 2.03. The van der Waals surface area contributed by atoms with Gasteiger partial charge in [0.15, 0.2) is 0 Å². The van der Waals surface area contributed by atoms with Crippen molar-refractivity contribution in [1.29, 1.82) is 0 Å². The molecule has 104 valence electrons. The molecule has 0 fully saturated rings. The van der Waals surface area contributed by atoms with E-state index in [9.17, 15) is 22.8 Å². The number of hydrogen-bond acceptors (Lipinski definition) is 4. The fourth-order valence-electron chi connectivity index (χ4n) is 1.37. The summed E-state index contributed by atoms with van der Waals surface area (Å²) < 4.78 is 47.1. The van der Waals surface area contributed by atoms with Crippen molar-refractivity contribution in [3.63, 3.8) is 0 Å². The second-order valence-electron chi connectivity index (χ2n) is 3.69. The van der Waals surface area contributed by atoms with E-state index >= 15 is 0 Å². The van der Waals surface area contributed by atoms with E-state index in [1.807, 2.05) is 0 Å². The topological polar surface area (TPSA) is 52.6 Å². The van der Waals surface area contributed by atoms with Gasteiger partial charge in [0.25, 0.3) is 0 Å². The molecule has 0 saturated carbocycles. The number of carbonyl (C=O) groups excluding carboxylic acids is 2. The molecular formula is C12H11F3O4. The van der Waals surface area contributed by atoms with Gasteiger partial charge in [-0.2, -0.15) is 13.2 Å². The molecule has 0 amide bonds. The summed E-state index contributed by atoms with van der Waals surface area (Å²) in [7, 11) is 0. The lowest BCUT2D eigenvalue weighted by Crippen LogP contribution is -2.25. The van der Waals surface area contributed by atoms with Crippen molar-refractivity contribution in [3.8, 4) is 5.75 Å².